The van der Waals surface area contributed by atoms with Gasteiger partial charge in [0.25, 0.3) is 0 Å². The Morgan fingerprint density at radius 3 is 1.91 bits per heavy atom. The van der Waals surface area contributed by atoms with Crippen molar-refractivity contribution in [2.45, 2.75) is 18.2 Å². The summed E-state index contributed by atoms with van der Waals surface area (Å²) in [5, 5.41) is 0. The number of hydrogen-bond donors (Lipinski definition) is 0. The van der Waals surface area contributed by atoms with Crippen LogP contribution in [0.1, 0.15) is 23.1 Å². The molecule has 32 heavy (non-hydrogen) atoms. The second-order valence-electron chi connectivity index (χ2n) is 7.79. The van der Waals surface area contributed by atoms with Crippen LogP contribution in [0.5, 0.6) is 0 Å². The molecular weight excluding hydrogens is 428 g/mol. The Labute approximate surface area is 187 Å². The fourth-order valence-corrected chi connectivity index (χ4v) is 5.13. The highest BCUT2D eigenvalue weighted by atomic mass is 32.2. The highest BCUT2D eigenvalue weighted by molar-refractivity contribution is 7.89. The van der Waals surface area contributed by atoms with Crippen molar-refractivity contribution < 1.29 is 17.2 Å². The first-order valence-corrected chi connectivity index (χ1v) is 11.8. The molecule has 3 nitrogen and oxygen atoms in total. The van der Waals surface area contributed by atoms with E-state index in [1.165, 1.54) is 28.6 Å². The molecule has 164 valence electrons. The second-order valence-corrected chi connectivity index (χ2v) is 9.73. The molecule has 1 aliphatic heterocycles. The van der Waals surface area contributed by atoms with Gasteiger partial charge in [0, 0.05) is 13.1 Å². The molecule has 0 aromatic heterocycles. The Morgan fingerprint density at radius 2 is 1.38 bits per heavy atom. The second kappa shape index (κ2) is 9.18. The quantitative estimate of drug-likeness (QED) is 0.497. The van der Waals surface area contributed by atoms with Crippen LogP contribution in [0.4, 0.5) is 8.78 Å². The molecule has 0 saturated carbocycles. The highest BCUT2D eigenvalue weighted by Crippen LogP contribution is 2.28. The molecule has 0 amide bonds. The summed E-state index contributed by atoms with van der Waals surface area (Å²) >= 11 is 0. The first-order valence-electron chi connectivity index (χ1n) is 10.3. The molecular formula is C26H23F2NO2S. The predicted octanol–water partition coefficient (Wildman–Crippen LogP) is 5.73. The van der Waals surface area contributed by atoms with Gasteiger partial charge in [-0.15, -0.1) is 0 Å². The van der Waals surface area contributed by atoms with Crippen molar-refractivity contribution in [1.82, 2.24) is 4.31 Å². The third-order valence-electron chi connectivity index (χ3n) is 5.44. The molecule has 0 saturated heterocycles. The van der Waals surface area contributed by atoms with Gasteiger partial charge < -0.3 is 0 Å². The summed E-state index contributed by atoms with van der Waals surface area (Å²) in [6.45, 7) is 2.54. The van der Waals surface area contributed by atoms with Crippen LogP contribution in [0.25, 0.3) is 5.57 Å². The Kier molecular flexibility index (Phi) is 6.35. The van der Waals surface area contributed by atoms with Gasteiger partial charge >= 0.3 is 0 Å². The third kappa shape index (κ3) is 4.87. The van der Waals surface area contributed by atoms with Gasteiger partial charge in [-0.05, 0) is 78.1 Å². The van der Waals surface area contributed by atoms with Gasteiger partial charge in [0.1, 0.15) is 11.6 Å². The van der Waals surface area contributed by atoms with Gasteiger partial charge in [0.15, 0.2) is 0 Å². The number of aryl methyl sites for hydroxylation is 1. The lowest BCUT2D eigenvalue weighted by Gasteiger charge is -2.26. The summed E-state index contributed by atoms with van der Waals surface area (Å²) < 4.78 is 54.7. The van der Waals surface area contributed by atoms with E-state index in [4.69, 9.17) is 0 Å². The number of hydrogen-bond acceptors (Lipinski definition) is 2. The van der Waals surface area contributed by atoms with Crippen LogP contribution in [0.2, 0.25) is 0 Å². The maximum atomic E-state index is 13.5. The zero-order valence-corrected chi connectivity index (χ0v) is 18.4. The van der Waals surface area contributed by atoms with Gasteiger partial charge in [0.05, 0.1) is 4.90 Å². The van der Waals surface area contributed by atoms with Crippen LogP contribution < -0.4 is 0 Å². The fourth-order valence-electron chi connectivity index (χ4n) is 3.69. The van der Waals surface area contributed by atoms with Crippen LogP contribution in [-0.2, 0) is 10.0 Å². The topological polar surface area (TPSA) is 37.4 Å². The van der Waals surface area contributed by atoms with Crippen molar-refractivity contribution in [2.75, 3.05) is 13.1 Å². The zero-order valence-electron chi connectivity index (χ0n) is 17.6. The number of rotatable bonds is 5. The van der Waals surface area contributed by atoms with E-state index in [0.717, 1.165) is 27.8 Å². The average molecular weight is 452 g/mol. The van der Waals surface area contributed by atoms with Crippen molar-refractivity contribution in [1.29, 1.82) is 0 Å². The van der Waals surface area contributed by atoms with Gasteiger partial charge in [-0.25, -0.2) is 17.2 Å². The summed E-state index contributed by atoms with van der Waals surface area (Å²) in [6, 6.07) is 19.0. The monoisotopic (exact) mass is 451 g/mol. The van der Waals surface area contributed by atoms with E-state index < -0.39 is 10.0 Å². The first kappa shape index (κ1) is 22.1. The lowest BCUT2D eigenvalue weighted by atomic mass is 9.95. The largest absolute Gasteiger partial charge is 0.243 e. The Balaban J connectivity index is 1.68. The first-order chi connectivity index (χ1) is 15.3. The van der Waals surface area contributed by atoms with Crippen LogP contribution in [0.3, 0.4) is 0 Å². The van der Waals surface area contributed by atoms with Crippen LogP contribution in [0.15, 0.2) is 95.4 Å². The van der Waals surface area contributed by atoms with Crippen LogP contribution in [0, 0.1) is 18.6 Å². The van der Waals surface area contributed by atoms with Crippen molar-refractivity contribution in [2.24, 2.45) is 0 Å². The summed E-state index contributed by atoms with van der Waals surface area (Å²) in [5.41, 5.74) is 4.12. The van der Waals surface area contributed by atoms with Crippen LogP contribution >= 0.6 is 0 Å². The van der Waals surface area contributed by atoms with Crippen molar-refractivity contribution in [3.05, 3.63) is 119 Å². The van der Waals surface area contributed by atoms with Gasteiger partial charge in [-0.2, -0.15) is 4.31 Å². The van der Waals surface area contributed by atoms with Crippen molar-refractivity contribution >= 4 is 15.6 Å². The normalized spacial score (nSPS) is 14.7. The molecule has 3 aromatic rings. The molecule has 0 fully saturated rings. The molecule has 0 unspecified atom stereocenters. The fraction of sp³-hybridized carbons (Fsp3) is 0.154. The number of sulfonamides is 1. The minimum absolute atomic E-state index is 0.224. The van der Waals surface area contributed by atoms with Crippen molar-refractivity contribution in [3.63, 3.8) is 0 Å². The van der Waals surface area contributed by atoms with Gasteiger partial charge in [-0.3, -0.25) is 0 Å². The standard InChI is InChI=1S/C26H23F2NO2S/c1-19-4-14-25(15-5-19)32(30,31)29-16-2-3-20(18-29)17-26(21-6-10-23(27)11-7-21)22-8-12-24(28)13-9-22/h3-15,17H,2,16,18H2,1H3. The smallest absolute Gasteiger partial charge is 0.207 e. The van der Waals surface area contributed by atoms with E-state index in [1.807, 2.05) is 19.1 Å². The number of halogens is 2. The van der Waals surface area contributed by atoms with E-state index in [1.54, 1.807) is 48.5 Å². The van der Waals surface area contributed by atoms with E-state index in [2.05, 4.69) is 0 Å². The van der Waals surface area contributed by atoms with E-state index in [9.17, 15) is 17.2 Å². The number of nitrogens with zero attached hydrogens (tertiary/aromatic N) is 1. The third-order valence-corrected chi connectivity index (χ3v) is 7.30. The maximum Gasteiger partial charge on any atom is 0.243 e. The molecule has 1 aliphatic rings. The van der Waals surface area contributed by atoms with Gasteiger partial charge in [-0.1, -0.05) is 48.0 Å². The Bertz CT molecular complexity index is 1210. The predicted molar refractivity (Wildman–Crippen MR) is 123 cm³/mol. The molecule has 0 bridgehead atoms. The minimum atomic E-state index is -3.62. The Morgan fingerprint density at radius 1 is 0.844 bits per heavy atom. The summed E-state index contributed by atoms with van der Waals surface area (Å²) in [5.74, 6) is -0.695. The molecule has 6 heteroatoms. The molecule has 0 N–H and O–H groups in total. The minimum Gasteiger partial charge on any atom is -0.207 e. The lowest BCUT2D eigenvalue weighted by molar-refractivity contribution is 0.431. The summed E-state index contributed by atoms with van der Waals surface area (Å²) in [4.78, 5) is 0.269. The molecule has 1 heterocycles. The maximum absolute atomic E-state index is 13.5. The van der Waals surface area contributed by atoms with E-state index >= 15 is 0 Å². The SMILES string of the molecule is Cc1ccc(S(=O)(=O)N2CCC=C(C=C(c3ccc(F)cc3)c3ccc(F)cc3)C2)cc1. The molecule has 0 spiro atoms. The molecule has 4 rings (SSSR count). The van der Waals surface area contributed by atoms with E-state index in [0.29, 0.717) is 13.0 Å². The van der Waals surface area contributed by atoms with Crippen molar-refractivity contribution in [3.8, 4) is 0 Å². The highest BCUT2D eigenvalue weighted by Gasteiger charge is 2.26. The average Bonchev–Trinajstić information content (AvgIpc) is 2.79. The van der Waals surface area contributed by atoms with Crippen LogP contribution in [-0.4, -0.2) is 25.8 Å². The summed E-state index contributed by atoms with van der Waals surface area (Å²) in [7, 11) is -3.62. The van der Waals surface area contributed by atoms with Gasteiger partial charge in [0.2, 0.25) is 10.0 Å². The molecule has 0 atom stereocenters. The molecule has 3 aromatic carbocycles. The molecule has 0 aliphatic carbocycles. The molecule has 0 radical (unpaired) electrons. The lowest BCUT2D eigenvalue weighted by Crippen LogP contribution is -2.35. The zero-order chi connectivity index (χ0) is 22.7. The Hall–Kier alpha value is -3.09. The number of benzene rings is 3. The van der Waals surface area contributed by atoms with E-state index in [-0.39, 0.29) is 23.1 Å². The summed E-state index contributed by atoms with van der Waals surface area (Å²) in [6.07, 6.45) is 4.49.